The molecule has 0 amide bonds. The molecule has 3 unspecified atom stereocenters. The number of hydrogen-bond donors (Lipinski definition) is 2. The topological polar surface area (TPSA) is 48.8 Å². The Labute approximate surface area is 209 Å². The highest BCUT2D eigenvalue weighted by Gasteiger charge is 2.34. The smallest absolute Gasteiger partial charge is 0.105 e. The van der Waals surface area contributed by atoms with E-state index >= 15 is 0 Å². The molecule has 2 N–H and O–H groups in total. The molecule has 5 rings (SSSR count). The summed E-state index contributed by atoms with van der Waals surface area (Å²) in [6, 6.07) is 0.249. The third-order valence-corrected chi connectivity index (χ3v) is 9.91. The van der Waals surface area contributed by atoms with E-state index < -0.39 is 0 Å². The number of thiophene rings is 2. The Bertz CT molecular complexity index is 1170. The molecule has 33 heavy (non-hydrogen) atoms. The van der Waals surface area contributed by atoms with Crippen molar-refractivity contribution in [3.8, 4) is 0 Å². The summed E-state index contributed by atoms with van der Waals surface area (Å²) < 4.78 is 0. The number of aryl methyl sites for hydroxylation is 2. The van der Waals surface area contributed by atoms with Gasteiger partial charge in [0.15, 0.2) is 0 Å². The second-order valence-corrected chi connectivity index (χ2v) is 11.7. The molecule has 3 aliphatic rings. The van der Waals surface area contributed by atoms with Gasteiger partial charge in [0.25, 0.3) is 0 Å². The van der Waals surface area contributed by atoms with Crippen molar-refractivity contribution >= 4 is 46.4 Å². The van der Waals surface area contributed by atoms with E-state index in [-0.39, 0.29) is 12.1 Å². The van der Waals surface area contributed by atoms with Crippen LogP contribution in [0.3, 0.4) is 0 Å². The zero-order valence-corrected chi connectivity index (χ0v) is 22.0. The molecule has 2 aromatic rings. The summed E-state index contributed by atoms with van der Waals surface area (Å²) in [5.74, 6) is 1.98. The summed E-state index contributed by atoms with van der Waals surface area (Å²) in [5, 5.41) is 12.5. The number of amidine groups is 1. The van der Waals surface area contributed by atoms with Gasteiger partial charge in [-0.25, -0.2) is 9.98 Å². The maximum Gasteiger partial charge on any atom is 0.105 e. The first-order chi connectivity index (χ1) is 15.9. The van der Waals surface area contributed by atoms with E-state index in [0.717, 1.165) is 29.4 Å². The van der Waals surface area contributed by atoms with E-state index in [9.17, 15) is 0 Å². The van der Waals surface area contributed by atoms with Crippen LogP contribution in [0.5, 0.6) is 0 Å². The average molecular weight is 499 g/mol. The second kappa shape index (κ2) is 9.40. The summed E-state index contributed by atoms with van der Waals surface area (Å²) in [7, 11) is 0. The number of rotatable bonds is 7. The van der Waals surface area contributed by atoms with Gasteiger partial charge < -0.3 is 10.6 Å². The number of aliphatic imine (C=N–C) groups is 2. The largest absolute Gasteiger partial charge is 0.363 e. The summed E-state index contributed by atoms with van der Waals surface area (Å²) in [6.45, 7) is 8.89. The highest BCUT2D eigenvalue weighted by Crippen LogP contribution is 2.45. The maximum atomic E-state index is 6.85. The number of allylic oxidation sites excluding steroid dienone is 1. The van der Waals surface area contributed by atoms with E-state index in [1.54, 1.807) is 0 Å². The molecule has 1 aliphatic carbocycles. The molecule has 4 nitrogen and oxygen atoms in total. The fraction of sp³-hybridized carbons (Fsp3) is 0.462. The van der Waals surface area contributed by atoms with Crippen LogP contribution < -0.4 is 10.6 Å². The zero-order chi connectivity index (χ0) is 23.1. The number of nitrogens with one attached hydrogen (secondary N) is 2. The summed E-state index contributed by atoms with van der Waals surface area (Å²) in [6.07, 6.45) is 10.4. The molecule has 2 aromatic heterocycles. The van der Waals surface area contributed by atoms with Crippen LogP contribution in [0.15, 0.2) is 43.8 Å². The van der Waals surface area contributed by atoms with E-state index in [0.29, 0.717) is 11.8 Å². The van der Waals surface area contributed by atoms with E-state index in [4.69, 9.17) is 16.6 Å². The Morgan fingerprint density at radius 1 is 1.12 bits per heavy atom. The highest BCUT2D eigenvalue weighted by atomic mass is 35.5. The van der Waals surface area contributed by atoms with Crippen molar-refractivity contribution in [2.75, 3.05) is 0 Å². The Hall–Kier alpha value is -1.89. The van der Waals surface area contributed by atoms with Crippen LogP contribution in [0.4, 0.5) is 0 Å². The van der Waals surface area contributed by atoms with Crippen LogP contribution in [-0.2, 0) is 6.42 Å². The van der Waals surface area contributed by atoms with Crippen molar-refractivity contribution in [1.82, 2.24) is 10.6 Å². The summed E-state index contributed by atoms with van der Waals surface area (Å²) >= 11 is 10.5. The summed E-state index contributed by atoms with van der Waals surface area (Å²) in [4.78, 5) is 12.0. The standard InChI is InChI=1S/C26H31ClN4S2/c1-14(26-28-10-9-20(31-26)24-17(4)15(2)11-32-24)5-8-19-16(3)12-33-25(19)23-21(27)22(18-6-7-18)29-13-30-23/h9-14,18,20,23H,5-8H2,1-4H3,(H,28,31)(H,29,30). The van der Waals surface area contributed by atoms with E-state index in [1.165, 1.54) is 44.8 Å². The molecule has 0 bridgehead atoms. The minimum absolute atomic E-state index is 0.0336. The van der Waals surface area contributed by atoms with Crippen LogP contribution in [0.2, 0.25) is 0 Å². The van der Waals surface area contributed by atoms with Gasteiger partial charge in [0, 0.05) is 27.8 Å². The minimum Gasteiger partial charge on any atom is -0.363 e. The van der Waals surface area contributed by atoms with Gasteiger partial charge in [-0.2, -0.15) is 0 Å². The van der Waals surface area contributed by atoms with Gasteiger partial charge in [-0.05, 0) is 85.5 Å². The second-order valence-electron chi connectivity index (χ2n) is 9.45. The molecular formula is C26H31ClN4S2. The van der Waals surface area contributed by atoms with Gasteiger partial charge in [0.2, 0.25) is 0 Å². The Balaban J connectivity index is 1.28. The average Bonchev–Trinajstić information content (AvgIpc) is 3.52. The van der Waals surface area contributed by atoms with Gasteiger partial charge in [0.1, 0.15) is 5.84 Å². The first kappa shape index (κ1) is 22.9. The molecule has 174 valence electrons. The van der Waals surface area contributed by atoms with Gasteiger partial charge in [0.05, 0.1) is 29.2 Å². The highest BCUT2D eigenvalue weighted by molar-refractivity contribution is 7.10. The first-order valence-electron chi connectivity index (χ1n) is 11.7. The van der Waals surface area contributed by atoms with Crippen LogP contribution in [0.25, 0.3) is 0 Å². The van der Waals surface area contributed by atoms with Crippen LogP contribution in [-0.4, -0.2) is 12.2 Å². The quantitative estimate of drug-likeness (QED) is 0.428. The third kappa shape index (κ3) is 4.58. The number of nitrogens with zero attached hydrogens (tertiary/aromatic N) is 2. The Morgan fingerprint density at radius 3 is 2.61 bits per heavy atom. The number of halogens is 1. The maximum absolute atomic E-state index is 6.85. The molecule has 0 saturated heterocycles. The fourth-order valence-electron chi connectivity index (χ4n) is 4.57. The predicted molar refractivity (Wildman–Crippen MR) is 143 cm³/mol. The van der Waals surface area contributed by atoms with Crippen LogP contribution >= 0.6 is 34.3 Å². The normalized spacial score (nSPS) is 23.4. The van der Waals surface area contributed by atoms with Crippen molar-refractivity contribution < 1.29 is 0 Å². The molecule has 4 heterocycles. The SMILES string of the molecule is Cc1csc(C2C=CN=C(C(C)CCc3c(C)csc3C3NC=NC(C4CC4)=C3Cl)N2)c1C. The minimum atomic E-state index is 0.0336. The third-order valence-electron chi connectivity index (χ3n) is 7.00. The molecule has 0 aromatic carbocycles. The molecule has 0 radical (unpaired) electrons. The van der Waals surface area contributed by atoms with Crippen LogP contribution in [0.1, 0.15) is 70.3 Å². The van der Waals surface area contributed by atoms with E-state index in [1.807, 2.05) is 35.2 Å². The van der Waals surface area contributed by atoms with Crippen molar-refractivity contribution in [3.63, 3.8) is 0 Å². The van der Waals surface area contributed by atoms with Crippen molar-refractivity contribution in [2.24, 2.45) is 21.8 Å². The van der Waals surface area contributed by atoms with Gasteiger partial charge in [-0.15, -0.1) is 22.7 Å². The van der Waals surface area contributed by atoms with Crippen molar-refractivity contribution in [3.05, 3.63) is 65.8 Å². The lowest BCUT2D eigenvalue weighted by molar-refractivity contribution is 0.629. The molecule has 2 aliphatic heterocycles. The Morgan fingerprint density at radius 2 is 1.88 bits per heavy atom. The molecule has 7 heteroatoms. The van der Waals surface area contributed by atoms with Crippen LogP contribution in [0, 0.1) is 32.6 Å². The van der Waals surface area contributed by atoms with Crippen molar-refractivity contribution in [1.29, 1.82) is 0 Å². The summed E-state index contributed by atoms with van der Waals surface area (Å²) in [5.41, 5.74) is 6.60. The monoisotopic (exact) mass is 498 g/mol. The lowest BCUT2D eigenvalue weighted by Crippen LogP contribution is -2.34. The first-order valence-corrected chi connectivity index (χ1v) is 13.9. The molecule has 3 atom stereocenters. The molecular weight excluding hydrogens is 468 g/mol. The Kier molecular flexibility index (Phi) is 6.51. The van der Waals surface area contributed by atoms with Gasteiger partial charge in [-0.1, -0.05) is 18.5 Å². The van der Waals surface area contributed by atoms with E-state index in [2.05, 4.69) is 60.2 Å². The van der Waals surface area contributed by atoms with Gasteiger partial charge >= 0.3 is 0 Å². The van der Waals surface area contributed by atoms with Crippen molar-refractivity contribution in [2.45, 2.75) is 65.5 Å². The molecule has 1 saturated carbocycles. The molecule has 1 fully saturated rings. The molecule has 0 spiro atoms. The lowest BCUT2D eigenvalue weighted by Gasteiger charge is -2.25. The lowest BCUT2D eigenvalue weighted by atomic mass is 9.95. The number of hydrogen-bond acceptors (Lipinski definition) is 6. The fourth-order valence-corrected chi connectivity index (χ4v) is 7.28. The zero-order valence-electron chi connectivity index (χ0n) is 19.6. The van der Waals surface area contributed by atoms with Gasteiger partial charge in [-0.3, -0.25) is 0 Å². The predicted octanol–water partition coefficient (Wildman–Crippen LogP) is 7.09.